The number of benzene rings is 1. The number of hydrogen-bond donors (Lipinski definition) is 1. The Kier molecular flexibility index (Phi) is 3.48. The van der Waals surface area contributed by atoms with Crippen LogP contribution in [0.2, 0.25) is 0 Å². The molecule has 0 aliphatic heterocycles. The minimum Gasteiger partial charge on any atom is -0.481 e. The van der Waals surface area contributed by atoms with Crippen molar-refractivity contribution in [3.05, 3.63) is 39.7 Å². The van der Waals surface area contributed by atoms with Crippen LogP contribution in [0.5, 0.6) is 0 Å². The van der Waals surface area contributed by atoms with E-state index in [1.54, 1.807) is 6.92 Å². The highest BCUT2D eigenvalue weighted by atomic mass is 32.1. The van der Waals surface area contributed by atoms with Crippen molar-refractivity contribution in [2.24, 2.45) is 0 Å². The summed E-state index contributed by atoms with van der Waals surface area (Å²) in [5, 5.41) is 11.5. The predicted molar refractivity (Wildman–Crippen MR) is 73.1 cm³/mol. The van der Waals surface area contributed by atoms with Gasteiger partial charge in [0.2, 0.25) is 0 Å². The van der Waals surface area contributed by atoms with Gasteiger partial charge in [-0.25, -0.2) is 4.98 Å². The van der Waals surface area contributed by atoms with E-state index in [9.17, 15) is 4.79 Å². The van der Waals surface area contributed by atoms with Crippen molar-refractivity contribution in [3.63, 3.8) is 0 Å². The van der Waals surface area contributed by atoms with Gasteiger partial charge in [-0.1, -0.05) is 12.1 Å². The molecule has 94 valence electrons. The lowest BCUT2D eigenvalue weighted by molar-refractivity contribution is -0.138. The number of nitrogens with zero attached hydrogens (tertiary/aromatic N) is 1. The minimum absolute atomic E-state index is 0.546. The Bertz CT molecular complexity index is 589. The summed E-state index contributed by atoms with van der Waals surface area (Å²) < 4.78 is 0. The van der Waals surface area contributed by atoms with Crippen LogP contribution in [-0.4, -0.2) is 16.1 Å². The van der Waals surface area contributed by atoms with Gasteiger partial charge in [0.05, 0.1) is 5.69 Å². The van der Waals surface area contributed by atoms with E-state index in [-0.39, 0.29) is 0 Å². The lowest BCUT2D eigenvalue weighted by Gasteiger charge is -2.03. The van der Waals surface area contributed by atoms with Crippen molar-refractivity contribution < 1.29 is 9.90 Å². The van der Waals surface area contributed by atoms with Crippen molar-refractivity contribution >= 4 is 17.3 Å². The number of aliphatic carboxylic acids is 1. The van der Waals surface area contributed by atoms with Gasteiger partial charge in [0.15, 0.2) is 0 Å². The summed E-state index contributed by atoms with van der Waals surface area (Å²) >= 11 is 1.40. The molecule has 0 radical (unpaired) electrons. The third-order valence-electron chi connectivity index (χ3n) is 3.07. The number of rotatable bonds is 3. The van der Waals surface area contributed by atoms with Crippen LogP contribution < -0.4 is 0 Å². The van der Waals surface area contributed by atoms with E-state index in [4.69, 9.17) is 5.11 Å². The maximum Gasteiger partial charge on any atom is 0.313 e. The summed E-state index contributed by atoms with van der Waals surface area (Å²) in [5.74, 6) is -1.38. The number of thiazole rings is 1. The zero-order valence-electron chi connectivity index (χ0n) is 10.6. The molecular formula is C14H15NO2S. The summed E-state index contributed by atoms with van der Waals surface area (Å²) in [7, 11) is 0. The molecule has 1 aromatic carbocycles. The molecule has 2 aromatic rings. The van der Waals surface area contributed by atoms with Crippen LogP contribution in [0.4, 0.5) is 0 Å². The average Bonchev–Trinajstić information content (AvgIpc) is 2.81. The van der Waals surface area contributed by atoms with E-state index in [1.165, 1.54) is 22.5 Å². The zero-order valence-corrected chi connectivity index (χ0v) is 11.4. The van der Waals surface area contributed by atoms with Crippen molar-refractivity contribution in [1.29, 1.82) is 0 Å². The summed E-state index contributed by atoms with van der Waals surface area (Å²) in [6.45, 7) is 5.79. The molecule has 0 bridgehead atoms. The number of carbonyl (C=O) groups is 1. The number of aromatic nitrogens is 1. The van der Waals surface area contributed by atoms with Crippen molar-refractivity contribution in [1.82, 2.24) is 4.98 Å². The molecule has 1 atom stereocenters. The molecule has 0 spiro atoms. The molecule has 2 rings (SSSR count). The maximum atomic E-state index is 10.9. The third-order valence-corrected chi connectivity index (χ3v) is 4.09. The molecule has 0 aliphatic carbocycles. The van der Waals surface area contributed by atoms with Gasteiger partial charge in [-0.15, -0.1) is 11.3 Å². The maximum absolute atomic E-state index is 10.9. The van der Waals surface area contributed by atoms with Crippen LogP contribution in [-0.2, 0) is 4.79 Å². The first-order chi connectivity index (χ1) is 8.49. The van der Waals surface area contributed by atoms with Crippen LogP contribution in [0.1, 0.15) is 29.0 Å². The van der Waals surface area contributed by atoms with E-state index in [0.717, 1.165) is 11.3 Å². The topological polar surface area (TPSA) is 50.2 Å². The summed E-state index contributed by atoms with van der Waals surface area (Å²) in [6, 6.07) is 6.16. The molecule has 1 N–H and O–H groups in total. The SMILES string of the molecule is Cc1ccc(-c2csc(C(C)C(=O)O)n2)cc1C. The minimum atomic E-state index is -0.837. The lowest BCUT2D eigenvalue weighted by atomic mass is 10.0. The largest absolute Gasteiger partial charge is 0.481 e. The molecular weight excluding hydrogens is 246 g/mol. The molecule has 1 heterocycles. The van der Waals surface area contributed by atoms with Crippen LogP contribution in [0.3, 0.4) is 0 Å². The quantitative estimate of drug-likeness (QED) is 0.918. The Balaban J connectivity index is 2.35. The second-order valence-corrected chi connectivity index (χ2v) is 5.32. The molecule has 18 heavy (non-hydrogen) atoms. The Morgan fingerprint density at radius 3 is 2.67 bits per heavy atom. The van der Waals surface area contributed by atoms with Gasteiger partial charge >= 0.3 is 5.97 Å². The van der Waals surface area contributed by atoms with Crippen molar-refractivity contribution in [2.75, 3.05) is 0 Å². The Morgan fingerprint density at radius 2 is 2.06 bits per heavy atom. The van der Waals surface area contributed by atoms with Gasteiger partial charge in [-0.05, 0) is 38.0 Å². The van der Waals surface area contributed by atoms with Crippen molar-refractivity contribution in [3.8, 4) is 11.3 Å². The molecule has 3 nitrogen and oxygen atoms in total. The molecule has 1 aromatic heterocycles. The fourth-order valence-corrected chi connectivity index (χ4v) is 2.50. The second-order valence-electron chi connectivity index (χ2n) is 4.43. The fourth-order valence-electron chi connectivity index (χ4n) is 1.63. The van der Waals surface area contributed by atoms with Gasteiger partial charge < -0.3 is 5.11 Å². The van der Waals surface area contributed by atoms with Gasteiger partial charge in [0, 0.05) is 10.9 Å². The van der Waals surface area contributed by atoms with Gasteiger partial charge in [0.25, 0.3) is 0 Å². The second kappa shape index (κ2) is 4.90. The monoisotopic (exact) mass is 261 g/mol. The van der Waals surface area contributed by atoms with Crippen LogP contribution >= 0.6 is 11.3 Å². The normalized spacial score (nSPS) is 12.4. The molecule has 0 fully saturated rings. The molecule has 0 aliphatic rings. The van der Waals surface area contributed by atoms with Crippen molar-refractivity contribution in [2.45, 2.75) is 26.7 Å². The summed E-state index contributed by atoms with van der Waals surface area (Å²) in [4.78, 5) is 15.3. The van der Waals surface area contributed by atoms with Crippen LogP contribution in [0.15, 0.2) is 23.6 Å². The number of carboxylic acid groups (broad SMARTS) is 1. The van der Waals surface area contributed by atoms with E-state index >= 15 is 0 Å². The predicted octanol–water partition coefficient (Wildman–Crippen LogP) is 3.62. The number of carboxylic acids is 1. The third kappa shape index (κ3) is 2.43. The highest BCUT2D eigenvalue weighted by Gasteiger charge is 2.18. The van der Waals surface area contributed by atoms with Gasteiger partial charge in [-0.3, -0.25) is 4.79 Å². The first kappa shape index (κ1) is 12.8. The summed E-state index contributed by atoms with van der Waals surface area (Å²) in [5.41, 5.74) is 4.35. The van der Waals surface area contributed by atoms with Crippen LogP contribution in [0.25, 0.3) is 11.3 Å². The van der Waals surface area contributed by atoms with Crippen LogP contribution in [0, 0.1) is 13.8 Å². The standard InChI is InChI=1S/C14H15NO2S/c1-8-4-5-11(6-9(8)2)12-7-18-13(15-12)10(3)14(16)17/h4-7,10H,1-3H3,(H,16,17). The molecule has 4 heteroatoms. The first-order valence-corrected chi connectivity index (χ1v) is 6.63. The Labute approximate surface area is 110 Å². The lowest BCUT2D eigenvalue weighted by Crippen LogP contribution is -2.06. The molecule has 0 saturated carbocycles. The fraction of sp³-hybridized carbons (Fsp3) is 0.286. The number of aryl methyl sites for hydroxylation is 2. The van der Waals surface area contributed by atoms with E-state index in [2.05, 4.69) is 31.0 Å². The van der Waals surface area contributed by atoms with E-state index in [0.29, 0.717) is 5.01 Å². The molecule has 1 unspecified atom stereocenters. The first-order valence-electron chi connectivity index (χ1n) is 5.75. The Morgan fingerprint density at radius 1 is 1.33 bits per heavy atom. The van der Waals surface area contributed by atoms with Gasteiger partial charge in [-0.2, -0.15) is 0 Å². The highest BCUT2D eigenvalue weighted by Crippen LogP contribution is 2.27. The Hall–Kier alpha value is -1.68. The van der Waals surface area contributed by atoms with E-state index < -0.39 is 11.9 Å². The molecule has 0 saturated heterocycles. The summed E-state index contributed by atoms with van der Waals surface area (Å²) in [6.07, 6.45) is 0. The number of hydrogen-bond acceptors (Lipinski definition) is 3. The van der Waals surface area contributed by atoms with E-state index in [1.807, 2.05) is 11.4 Å². The smallest absolute Gasteiger partial charge is 0.313 e. The average molecular weight is 261 g/mol. The zero-order chi connectivity index (χ0) is 13.3. The molecule has 0 amide bonds. The highest BCUT2D eigenvalue weighted by molar-refractivity contribution is 7.10. The van der Waals surface area contributed by atoms with Gasteiger partial charge in [0.1, 0.15) is 10.9 Å².